The molecule has 0 aliphatic heterocycles. The zero-order chi connectivity index (χ0) is 26.3. The monoisotopic (exact) mass is 500 g/mol. The van der Waals surface area contributed by atoms with Crippen LogP contribution in [0.15, 0.2) is 77.8 Å². The van der Waals surface area contributed by atoms with Gasteiger partial charge in [0.25, 0.3) is 0 Å². The van der Waals surface area contributed by atoms with E-state index >= 15 is 0 Å². The molecule has 0 aromatic heterocycles. The largest absolute Gasteiger partial charge is 0.494 e. The number of benzene rings is 3. The third kappa shape index (κ3) is 10.1. The fourth-order valence-electron chi connectivity index (χ4n) is 3.89. The molecular weight excluding hydrogens is 460 g/mol. The molecule has 0 fully saturated rings. The molecule has 37 heavy (non-hydrogen) atoms. The third-order valence-electron chi connectivity index (χ3n) is 6.18. The molecule has 0 bridgehead atoms. The number of hydrogen-bond acceptors (Lipinski definition) is 5. The van der Waals surface area contributed by atoms with Crippen LogP contribution in [0.1, 0.15) is 74.2 Å². The van der Waals surface area contributed by atoms with Gasteiger partial charge in [-0.25, -0.2) is 4.79 Å². The molecule has 0 saturated carbocycles. The number of carbonyl (C=O) groups is 1. The molecule has 0 aliphatic rings. The smallest absolute Gasteiger partial charge is 0.343 e. The van der Waals surface area contributed by atoms with E-state index in [2.05, 4.69) is 11.9 Å². The highest BCUT2D eigenvalue weighted by atomic mass is 16.5. The Labute approximate surface area is 222 Å². The number of carbonyl (C=O) groups excluding carboxylic acids is 1. The van der Waals surface area contributed by atoms with Crippen molar-refractivity contribution in [1.29, 1.82) is 0 Å². The third-order valence-corrected chi connectivity index (χ3v) is 6.18. The van der Waals surface area contributed by atoms with Gasteiger partial charge in [0.1, 0.15) is 11.5 Å². The van der Waals surface area contributed by atoms with Gasteiger partial charge in [0, 0.05) is 26.0 Å². The zero-order valence-corrected chi connectivity index (χ0v) is 22.5. The highest BCUT2D eigenvalue weighted by Crippen LogP contribution is 2.20. The standard InChI is InChI=1S/C32H40N2O3/c1-4-5-6-7-8-9-10-11-24-36-30-22-14-27(15-23-30)32(35)37-31-20-12-26(13-21-31)25-33-28-16-18-29(19-17-28)34(2)3/h12-23,25H,4-11,24H2,1-3H3. The average Bonchev–Trinajstić information content (AvgIpc) is 2.92. The zero-order valence-electron chi connectivity index (χ0n) is 22.5. The summed E-state index contributed by atoms with van der Waals surface area (Å²) in [6.45, 7) is 2.95. The van der Waals surface area contributed by atoms with Crippen molar-refractivity contribution < 1.29 is 14.3 Å². The summed E-state index contributed by atoms with van der Waals surface area (Å²) in [6, 6.07) is 22.5. The molecule has 0 aliphatic carbocycles. The topological polar surface area (TPSA) is 51.1 Å². The first kappa shape index (κ1) is 28.0. The van der Waals surface area contributed by atoms with Crippen LogP contribution in [0.25, 0.3) is 0 Å². The molecule has 0 spiro atoms. The van der Waals surface area contributed by atoms with E-state index in [1.165, 1.54) is 44.9 Å². The average molecular weight is 501 g/mol. The predicted octanol–water partition coefficient (Wildman–Crippen LogP) is 8.24. The van der Waals surface area contributed by atoms with Gasteiger partial charge in [-0.3, -0.25) is 4.99 Å². The summed E-state index contributed by atoms with van der Waals surface area (Å²) in [4.78, 5) is 19.1. The summed E-state index contributed by atoms with van der Waals surface area (Å²) in [5.41, 5.74) is 3.43. The summed E-state index contributed by atoms with van der Waals surface area (Å²) >= 11 is 0. The lowest BCUT2D eigenvalue weighted by Crippen LogP contribution is -2.08. The normalized spacial score (nSPS) is 11.0. The molecule has 0 N–H and O–H groups in total. The summed E-state index contributed by atoms with van der Waals surface area (Å²) in [7, 11) is 4.02. The predicted molar refractivity (Wildman–Crippen MR) is 154 cm³/mol. The van der Waals surface area contributed by atoms with Crippen molar-refractivity contribution in [2.75, 3.05) is 25.6 Å². The Bertz CT molecular complexity index is 1090. The molecule has 0 atom stereocenters. The van der Waals surface area contributed by atoms with Crippen molar-refractivity contribution in [2.24, 2.45) is 4.99 Å². The Kier molecular flexibility index (Phi) is 11.7. The van der Waals surface area contributed by atoms with Crippen LogP contribution < -0.4 is 14.4 Å². The van der Waals surface area contributed by atoms with Gasteiger partial charge >= 0.3 is 5.97 Å². The lowest BCUT2D eigenvalue weighted by atomic mass is 10.1. The molecule has 0 heterocycles. The van der Waals surface area contributed by atoms with Gasteiger partial charge in [0.15, 0.2) is 0 Å². The first-order chi connectivity index (χ1) is 18.0. The maximum atomic E-state index is 12.5. The number of nitrogens with zero attached hydrogens (tertiary/aromatic N) is 2. The Morgan fingerprint density at radius 1 is 0.757 bits per heavy atom. The van der Waals surface area contributed by atoms with E-state index in [0.29, 0.717) is 17.9 Å². The second kappa shape index (κ2) is 15.5. The van der Waals surface area contributed by atoms with Gasteiger partial charge in [0.2, 0.25) is 0 Å². The highest BCUT2D eigenvalue weighted by Gasteiger charge is 2.09. The van der Waals surface area contributed by atoms with Gasteiger partial charge in [-0.1, -0.05) is 51.9 Å². The molecule has 0 saturated heterocycles. The molecule has 196 valence electrons. The minimum atomic E-state index is -0.392. The maximum absolute atomic E-state index is 12.5. The van der Waals surface area contributed by atoms with E-state index in [-0.39, 0.29) is 0 Å². The molecule has 0 amide bonds. The molecule has 0 unspecified atom stereocenters. The Morgan fingerprint density at radius 3 is 1.97 bits per heavy atom. The highest BCUT2D eigenvalue weighted by molar-refractivity contribution is 5.91. The molecule has 3 rings (SSSR count). The lowest BCUT2D eigenvalue weighted by molar-refractivity contribution is 0.0734. The molecule has 5 nitrogen and oxygen atoms in total. The molecular formula is C32H40N2O3. The quantitative estimate of drug-likeness (QED) is 0.0912. The molecule has 0 radical (unpaired) electrons. The number of esters is 1. The van der Waals surface area contributed by atoms with Crippen molar-refractivity contribution in [3.63, 3.8) is 0 Å². The molecule has 3 aromatic rings. The lowest BCUT2D eigenvalue weighted by Gasteiger charge is -2.11. The summed E-state index contributed by atoms with van der Waals surface area (Å²) in [5, 5.41) is 0. The molecule has 5 heteroatoms. The summed E-state index contributed by atoms with van der Waals surface area (Å²) in [5.74, 6) is 0.879. The van der Waals surface area contributed by atoms with E-state index < -0.39 is 5.97 Å². The Balaban J connectivity index is 1.39. The minimum Gasteiger partial charge on any atom is -0.494 e. The maximum Gasteiger partial charge on any atom is 0.343 e. The van der Waals surface area contributed by atoms with E-state index in [1.54, 1.807) is 30.5 Å². The van der Waals surface area contributed by atoms with Crippen molar-refractivity contribution in [1.82, 2.24) is 0 Å². The summed E-state index contributed by atoms with van der Waals surface area (Å²) in [6.07, 6.45) is 12.0. The Hall–Kier alpha value is -3.60. The van der Waals surface area contributed by atoms with Crippen LogP contribution in [0.2, 0.25) is 0 Å². The van der Waals surface area contributed by atoms with Crippen LogP contribution in [-0.4, -0.2) is 32.9 Å². The van der Waals surface area contributed by atoms with Gasteiger partial charge in [-0.05, 0) is 84.8 Å². The molecule has 3 aromatic carbocycles. The van der Waals surface area contributed by atoms with Crippen molar-refractivity contribution in [2.45, 2.75) is 58.3 Å². The minimum absolute atomic E-state index is 0.392. The number of anilines is 1. The van der Waals surface area contributed by atoms with Gasteiger partial charge < -0.3 is 14.4 Å². The summed E-state index contributed by atoms with van der Waals surface area (Å²) < 4.78 is 11.3. The SMILES string of the molecule is CCCCCCCCCCOc1ccc(C(=O)Oc2ccc(C=Nc3ccc(N(C)C)cc3)cc2)cc1. The van der Waals surface area contributed by atoms with Crippen molar-refractivity contribution >= 4 is 23.6 Å². The van der Waals surface area contributed by atoms with Crippen LogP contribution in [0.4, 0.5) is 11.4 Å². The number of rotatable bonds is 15. The van der Waals surface area contributed by atoms with Crippen LogP contribution in [0.3, 0.4) is 0 Å². The van der Waals surface area contributed by atoms with Crippen LogP contribution in [0, 0.1) is 0 Å². The number of ether oxygens (including phenoxy) is 2. The van der Waals surface area contributed by atoms with Gasteiger partial charge in [-0.2, -0.15) is 0 Å². The Morgan fingerprint density at radius 2 is 1.35 bits per heavy atom. The number of aliphatic imine (C=N–C) groups is 1. The number of unbranched alkanes of at least 4 members (excludes halogenated alkanes) is 7. The van der Waals surface area contributed by atoms with Crippen LogP contribution >= 0.6 is 0 Å². The van der Waals surface area contributed by atoms with E-state index in [0.717, 1.165) is 29.1 Å². The second-order valence-corrected chi connectivity index (χ2v) is 9.48. The van der Waals surface area contributed by atoms with Crippen LogP contribution in [-0.2, 0) is 0 Å². The van der Waals surface area contributed by atoms with Gasteiger partial charge in [-0.15, -0.1) is 0 Å². The van der Waals surface area contributed by atoms with E-state index in [1.807, 2.05) is 67.5 Å². The fraction of sp³-hybridized carbons (Fsp3) is 0.375. The fourth-order valence-corrected chi connectivity index (χ4v) is 3.89. The second-order valence-electron chi connectivity index (χ2n) is 9.48. The van der Waals surface area contributed by atoms with Gasteiger partial charge in [0.05, 0.1) is 17.9 Å². The van der Waals surface area contributed by atoms with Crippen molar-refractivity contribution in [3.05, 3.63) is 83.9 Å². The van der Waals surface area contributed by atoms with E-state index in [4.69, 9.17) is 9.47 Å². The van der Waals surface area contributed by atoms with E-state index in [9.17, 15) is 4.79 Å². The van der Waals surface area contributed by atoms with Crippen molar-refractivity contribution in [3.8, 4) is 11.5 Å². The first-order valence-corrected chi connectivity index (χ1v) is 13.4. The first-order valence-electron chi connectivity index (χ1n) is 13.4. The number of hydrogen-bond donors (Lipinski definition) is 0. The van der Waals surface area contributed by atoms with Crippen LogP contribution in [0.5, 0.6) is 11.5 Å².